The van der Waals surface area contributed by atoms with Gasteiger partial charge in [0.15, 0.2) is 11.6 Å². The molecule has 240 valence electrons. The van der Waals surface area contributed by atoms with Crippen LogP contribution in [0.1, 0.15) is 93.3 Å². The number of hydrogen-bond acceptors (Lipinski definition) is 8. The zero-order chi connectivity index (χ0) is 32.8. The number of nitrogens with one attached hydrogen (secondary N) is 1. The van der Waals surface area contributed by atoms with Gasteiger partial charge in [-0.1, -0.05) is 57.2 Å². The lowest BCUT2D eigenvalue weighted by atomic mass is 9.86. The van der Waals surface area contributed by atoms with Gasteiger partial charge in [0.1, 0.15) is 12.3 Å². The van der Waals surface area contributed by atoms with Gasteiger partial charge in [-0.05, 0) is 72.6 Å². The van der Waals surface area contributed by atoms with E-state index in [9.17, 15) is 19.5 Å². The first-order chi connectivity index (χ1) is 22.0. The number of aryl methyl sites for hydroxylation is 1. The first kappa shape index (κ1) is 33.4. The van der Waals surface area contributed by atoms with E-state index in [4.69, 9.17) is 4.74 Å². The van der Waals surface area contributed by atoms with Crippen molar-refractivity contribution in [1.82, 2.24) is 5.32 Å². The van der Waals surface area contributed by atoms with Gasteiger partial charge < -0.3 is 15.2 Å². The summed E-state index contributed by atoms with van der Waals surface area (Å²) in [5.41, 5.74) is 4.94. The van der Waals surface area contributed by atoms with Crippen LogP contribution in [0.2, 0.25) is 0 Å². The van der Waals surface area contributed by atoms with E-state index in [0.717, 1.165) is 35.5 Å². The number of ether oxygens (including phenoxy) is 1. The lowest BCUT2D eigenvalue weighted by Gasteiger charge is -2.19. The highest BCUT2D eigenvalue weighted by Crippen LogP contribution is 2.39. The quantitative estimate of drug-likeness (QED) is 0.119. The van der Waals surface area contributed by atoms with Crippen LogP contribution in [0, 0.1) is 0 Å². The summed E-state index contributed by atoms with van der Waals surface area (Å²) in [6.07, 6.45) is 2.93. The number of aliphatic imine (C=N–C) groups is 1. The van der Waals surface area contributed by atoms with Gasteiger partial charge in [-0.2, -0.15) is 0 Å². The summed E-state index contributed by atoms with van der Waals surface area (Å²) in [4.78, 5) is 44.5. The van der Waals surface area contributed by atoms with Crippen molar-refractivity contribution in [2.45, 2.75) is 64.9 Å². The van der Waals surface area contributed by atoms with Gasteiger partial charge >= 0.3 is 0 Å². The molecule has 0 spiro atoms. The number of carbonyl (C=O) groups is 3. The maximum atomic E-state index is 12.9. The van der Waals surface area contributed by atoms with Crippen molar-refractivity contribution in [2.24, 2.45) is 4.99 Å². The van der Waals surface area contributed by atoms with Crippen molar-refractivity contribution in [3.8, 4) is 16.2 Å². The number of thiophene rings is 2. The Morgan fingerprint density at radius 3 is 2.33 bits per heavy atom. The molecule has 0 radical (unpaired) electrons. The van der Waals surface area contributed by atoms with Crippen molar-refractivity contribution in [2.75, 3.05) is 19.7 Å². The molecule has 2 aromatic heterocycles. The number of ketones is 2. The van der Waals surface area contributed by atoms with Crippen LogP contribution in [0.4, 0.5) is 0 Å². The van der Waals surface area contributed by atoms with Crippen LogP contribution in [-0.2, 0) is 16.6 Å². The molecule has 1 aliphatic rings. The zero-order valence-corrected chi connectivity index (χ0v) is 28.4. The first-order valence-electron chi connectivity index (χ1n) is 15.6. The second-order valence-corrected chi connectivity index (χ2v) is 14.6. The number of hydrogen-bond donors (Lipinski definition) is 2. The SMILES string of the molecule is CC(=NCC(=O)c1ccc(C(=O)CCc2ccc(C(=O)NCC3CCCO3)cc2)s1)c1csc(-c2ccc(C(C)(C)C)cc2)c1O. The van der Waals surface area contributed by atoms with E-state index in [2.05, 4.69) is 43.2 Å². The van der Waals surface area contributed by atoms with Gasteiger partial charge in [-0.15, -0.1) is 22.7 Å². The molecule has 7 nitrogen and oxygen atoms in total. The Bertz CT molecular complexity index is 1720. The van der Waals surface area contributed by atoms with Crippen LogP contribution in [0.3, 0.4) is 0 Å². The number of benzene rings is 2. The van der Waals surface area contributed by atoms with E-state index in [1.54, 1.807) is 31.2 Å². The second-order valence-electron chi connectivity index (χ2n) is 12.6. The van der Waals surface area contributed by atoms with Crippen molar-refractivity contribution in [1.29, 1.82) is 0 Å². The van der Waals surface area contributed by atoms with Crippen molar-refractivity contribution < 1.29 is 24.2 Å². The molecule has 0 bridgehead atoms. The Kier molecular flexibility index (Phi) is 10.7. The summed E-state index contributed by atoms with van der Waals surface area (Å²) in [6, 6.07) is 18.9. The molecule has 1 fully saturated rings. The Morgan fingerprint density at radius 1 is 0.978 bits per heavy atom. The Hall–Kier alpha value is -3.92. The van der Waals surface area contributed by atoms with E-state index in [1.165, 1.54) is 28.2 Å². The average Bonchev–Trinajstić information content (AvgIpc) is 3.83. The lowest BCUT2D eigenvalue weighted by Crippen LogP contribution is -2.31. The predicted molar refractivity (Wildman–Crippen MR) is 186 cm³/mol. The maximum Gasteiger partial charge on any atom is 0.251 e. The Labute approximate surface area is 278 Å². The molecular formula is C37H40N2O5S2. The molecule has 2 aromatic carbocycles. The van der Waals surface area contributed by atoms with Crippen molar-refractivity contribution in [3.05, 3.63) is 98.1 Å². The number of Topliss-reactive ketones (excluding diaryl/α,β-unsaturated/α-hetero) is 2. The first-order valence-corrected chi connectivity index (χ1v) is 17.3. The lowest BCUT2D eigenvalue weighted by molar-refractivity contribution is 0.0857. The van der Waals surface area contributed by atoms with Gasteiger partial charge in [0.2, 0.25) is 0 Å². The Balaban J connectivity index is 1.12. The number of nitrogens with zero attached hydrogens (tertiary/aromatic N) is 1. The van der Waals surface area contributed by atoms with E-state index in [1.807, 2.05) is 29.6 Å². The fraction of sp³-hybridized carbons (Fsp3) is 0.351. The highest BCUT2D eigenvalue weighted by atomic mass is 32.1. The van der Waals surface area contributed by atoms with Gasteiger partial charge in [0, 0.05) is 41.8 Å². The number of carbonyl (C=O) groups excluding carboxylic acids is 3. The average molecular weight is 657 g/mol. The molecule has 2 N–H and O–H groups in total. The summed E-state index contributed by atoms with van der Waals surface area (Å²) in [7, 11) is 0. The minimum absolute atomic E-state index is 0.0339. The third kappa shape index (κ3) is 8.26. The molecule has 9 heteroatoms. The molecule has 1 amide bonds. The van der Waals surface area contributed by atoms with Crippen LogP contribution in [0.15, 0.2) is 71.0 Å². The molecule has 1 aliphatic heterocycles. The highest BCUT2D eigenvalue weighted by Gasteiger charge is 2.19. The fourth-order valence-corrected chi connectivity index (χ4v) is 7.16. The number of rotatable bonds is 12. The van der Waals surface area contributed by atoms with Gasteiger partial charge in [0.25, 0.3) is 5.91 Å². The highest BCUT2D eigenvalue weighted by molar-refractivity contribution is 7.16. The van der Waals surface area contributed by atoms with Crippen LogP contribution in [0.5, 0.6) is 5.75 Å². The normalized spacial score (nSPS) is 15.2. The van der Waals surface area contributed by atoms with E-state index in [-0.39, 0.29) is 41.3 Å². The second kappa shape index (κ2) is 14.7. The molecule has 46 heavy (non-hydrogen) atoms. The summed E-state index contributed by atoms with van der Waals surface area (Å²) in [5.74, 6) is -0.177. The summed E-state index contributed by atoms with van der Waals surface area (Å²) < 4.78 is 5.55. The maximum absolute atomic E-state index is 12.9. The van der Waals surface area contributed by atoms with Crippen LogP contribution in [-0.4, -0.2) is 54.1 Å². The number of aromatic hydroxyl groups is 1. The van der Waals surface area contributed by atoms with Crippen molar-refractivity contribution in [3.63, 3.8) is 0 Å². The molecule has 3 heterocycles. The van der Waals surface area contributed by atoms with Crippen LogP contribution in [0.25, 0.3) is 10.4 Å². The largest absolute Gasteiger partial charge is 0.506 e. The molecular weight excluding hydrogens is 617 g/mol. The zero-order valence-electron chi connectivity index (χ0n) is 26.7. The van der Waals surface area contributed by atoms with Gasteiger partial charge in [-0.3, -0.25) is 19.4 Å². The third-order valence-electron chi connectivity index (χ3n) is 8.15. The molecule has 0 saturated carbocycles. The Morgan fingerprint density at radius 2 is 1.67 bits per heavy atom. The third-order valence-corrected chi connectivity index (χ3v) is 10.3. The molecule has 4 aromatic rings. The van der Waals surface area contributed by atoms with E-state index >= 15 is 0 Å². The molecule has 0 aliphatic carbocycles. The fourth-order valence-electron chi connectivity index (χ4n) is 5.24. The minimum atomic E-state index is -0.176. The topological polar surface area (TPSA) is 105 Å². The van der Waals surface area contributed by atoms with Crippen molar-refractivity contribution >= 4 is 45.9 Å². The summed E-state index contributed by atoms with van der Waals surface area (Å²) >= 11 is 2.63. The monoisotopic (exact) mass is 656 g/mol. The summed E-state index contributed by atoms with van der Waals surface area (Å²) in [5, 5.41) is 15.7. The van der Waals surface area contributed by atoms with Gasteiger partial charge in [0.05, 0.1) is 20.7 Å². The van der Waals surface area contributed by atoms with Crippen LogP contribution >= 0.6 is 22.7 Å². The van der Waals surface area contributed by atoms with Crippen LogP contribution < -0.4 is 5.32 Å². The predicted octanol–water partition coefficient (Wildman–Crippen LogP) is 7.90. The molecule has 1 saturated heterocycles. The molecule has 1 unspecified atom stereocenters. The standard InChI is InChI=1S/C37H40N2O5S2/c1-23(29-22-45-35(34(29)42)25-12-14-27(15-13-25)37(2,3)4)38-21-31(41)33-18-17-32(46-33)30(40)16-9-24-7-10-26(11-8-24)36(43)39-20-28-6-5-19-44-28/h7-8,10-15,17-18,22,28,42H,5-6,9,16,19-21H2,1-4H3,(H,39,43). The summed E-state index contributed by atoms with van der Waals surface area (Å²) in [6.45, 7) is 9.48. The van der Waals surface area contributed by atoms with E-state index < -0.39 is 0 Å². The molecule has 1 atom stereocenters. The van der Waals surface area contributed by atoms with E-state index in [0.29, 0.717) is 46.0 Å². The smallest absolute Gasteiger partial charge is 0.251 e. The minimum Gasteiger partial charge on any atom is -0.506 e. The number of amides is 1. The van der Waals surface area contributed by atoms with Gasteiger partial charge in [-0.25, -0.2) is 0 Å². The molecule has 5 rings (SSSR count).